The molecule has 11 rings (SSSR count). The molecule has 0 saturated heterocycles. The Hall–Kier alpha value is -6.70. The second kappa shape index (κ2) is 13.0. The number of rotatable bonds is 5. The molecule has 9 aromatic carbocycles. The first-order chi connectivity index (χ1) is 27.3. The molecule has 0 saturated carbocycles. The number of para-hydroxylation sites is 1. The number of hydrogen-bond acceptors (Lipinski definition) is 0. The Kier molecular flexibility index (Phi) is 7.52. The van der Waals surface area contributed by atoms with Gasteiger partial charge >= 0.3 is 0 Å². The van der Waals surface area contributed by atoms with Crippen molar-refractivity contribution in [1.82, 2.24) is 4.57 Å². The lowest BCUT2D eigenvalue weighted by atomic mass is 9.85. The van der Waals surface area contributed by atoms with Crippen molar-refractivity contribution in [3.05, 3.63) is 199 Å². The van der Waals surface area contributed by atoms with Crippen LogP contribution in [0.5, 0.6) is 0 Å². The fraction of sp³-hybridized carbons (Fsp3) is 0.0741. The average molecular weight is 702 g/mol. The van der Waals surface area contributed by atoms with E-state index in [1.54, 1.807) is 5.56 Å². The van der Waals surface area contributed by atoms with Gasteiger partial charge in [0.05, 0.1) is 11.0 Å². The third kappa shape index (κ3) is 5.22. The average Bonchev–Trinajstić information content (AvgIpc) is 3.59. The molecule has 0 bridgehead atoms. The minimum Gasteiger partial charge on any atom is -0.309 e. The SMILES string of the molecule is c1ccc(-c2c3ccccc3c(-c3ccc(-n4c5ccccc5c5cc(-c6ccc(-c7cccc8c7CCCC8)cc6)ccc54)cc3)c3ccccc23)cc1. The second-order valence-electron chi connectivity index (χ2n) is 15.1. The van der Waals surface area contributed by atoms with Crippen molar-refractivity contribution in [2.45, 2.75) is 25.7 Å². The highest BCUT2D eigenvalue weighted by Crippen LogP contribution is 2.44. The molecule has 0 aliphatic heterocycles. The molecular weight excluding hydrogens is 663 g/mol. The van der Waals surface area contributed by atoms with Gasteiger partial charge in [0.2, 0.25) is 0 Å². The van der Waals surface area contributed by atoms with E-state index < -0.39 is 0 Å². The van der Waals surface area contributed by atoms with Gasteiger partial charge in [0.25, 0.3) is 0 Å². The minimum atomic E-state index is 1.16. The highest BCUT2D eigenvalue weighted by molar-refractivity contribution is 6.21. The highest BCUT2D eigenvalue weighted by Gasteiger charge is 2.18. The molecule has 1 aromatic heterocycles. The standard InChI is InChI=1S/C54H39N/c1-2-14-39(15-3-1)53-46-19-6-8-21-48(46)54(49-22-9-7-20-47(49)53)40-29-32-42(33-30-40)55-51-24-11-10-18-45(51)50-35-41(31-34-52(50)55)36-25-27-38(28-26-36)44-23-12-16-37-13-4-5-17-43(37)44/h1-3,6-12,14-16,18-35H,4-5,13,17H2. The zero-order valence-electron chi connectivity index (χ0n) is 30.7. The Balaban J connectivity index is 1.00. The van der Waals surface area contributed by atoms with Crippen LogP contribution >= 0.6 is 0 Å². The van der Waals surface area contributed by atoms with Gasteiger partial charge in [-0.1, -0.05) is 158 Å². The maximum atomic E-state index is 2.43. The lowest BCUT2D eigenvalue weighted by molar-refractivity contribution is 0.687. The van der Waals surface area contributed by atoms with Crippen LogP contribution in [0.25, 0.3) is 93.5 Å². The molecule has 0 N–H and O–H groups in total. The van der Waals surface area contributed by atoms with Gasteiger partial charge in [-0.15, -0.1) is 0 Å². The van der Waals surface area contributed by atoms with Gasteiger partial charge in [-0.25, -0.2) is 0 Å². The van der Waals surface area contributed by atoms with Crippen molar-refractivity contribution in [3.63, 3.8) is 0 Å². The van der Waals surface area contributed by atoms with Crippen LogP contribution in [0.2, 0.25) is 0 Å². The Labute approximate surface area is 321 Å². The molecule has 0 atom stereocenters. The molecule has 0 unspecified atom stereocenters. The van der Waals surface area contributed by atoms with Crippen LogP contribution in [0.1, 0.15) is 24.0 Å². The van der Waals surface area contributed by atoms with Gasteiger partial charge < -0.3 is 4.57 Å². The Morgan fingerprint density at radius 1 is 0.327 bits per heavy atom. The summed E-state index contributed by atoms with van der Waals surface area (Å²) in [6, 6.07) is 69.7. The van der Waals surface area contributed by atoms with E-state index in [0.717, 1.165) is 5.69 Å². The summed E-state index contributed by atoms with van der Waals surface area (Å²) < 4.78 is 2.43. The predicted molar refractivity (Wildman–Crippen MR) is 234 cm³/mol. The second-order valence-corrected chi connectivity index (χ2v) is 15.1. The molecule has 55 heavy (non-hydrogen) atoms. The largest absolute Gasteiger partial charge is 0.309 e. The minimum absolute atomic E-state index is 1.16. The van der Waals surface area contributed by atoms with Crippen molar-refractivity contribution >= 4 is 43.4 Å². The third-order valence-corrected chi connectivity index (χ3v) is 12.0. The summed E-state index contributed by atoms with van der Waals surface area (Å²) in [7, 11) is 0. The van der Waals surface area contributed by atoms with Gasteiger partial charge in [-0.05, 0) is 133 Å². The monoisotopic (exact) mass is 701 g/mol. The Bertz CT molecular complexity index is 3000. The number of aryl methyl sites for hydroxylation is 1. The molecule has 1 heteroatoms. The molecule has 10 aromatic rings. The Morgan fingerprint density at radius 2 is 0.855 bits per heavy atom. The van der Waals surface area contributed by atoms with Gasteiger partial charge in [-0.2, -0.15) is 0 Å². The molecule has 0 fully saturated rings. The van der Waals surface area contributed by atoms with E-state index in [0.29, 0.717) is 0 Å². The fourth-order valence-corrected chi connectivity index (χ4v) is 9.46. The first-order valence-electron chi connectivity index (χ1n) is 19.6. The van der Waals surface area contributed by atoms with E-state index in [9.17, 15) is 0 Å². The number of hydrogen-bond donors (Lipinski definition) is 0. The van der Waals surface area contributed by atoms with Crippen LogP contribution in [0, 0.1) is 0 Å². The molecule has 0 spiro atoms. The molecule has 1 nitrogen and oxygen atoms in total. The van der Waals surface area contributed by atoms with Crippen molar-refractivity contribution in [2.75, 3.05) is 0 Å². The van der Waals surface area contributed by atoms with Crippen molar-refractivity contribution in [3.8, 4) is 50.2 Å². The lowest BCUT2D eigenvalue weighted by Gasteiger charge is -2.19. The fourth-order valence-electron chi connectivity index (χ4n) is 9.46. The molecule has 0 radical (unpaired) electrons. The molecular formula is C54H39N. The molecule has 1 aliphatic carbocycles. The summed E-state index contributed by atoms with van der Waals surface area (Å²) in [5.74, 6) is 0. The number of fused-ring (bicyclic) bond motifs is 6. The summed E-state index contributed by atoms with van der Waals surface area (Å²) in [5.41, 5.74) is 16.9. The van der Waals surface area contributed by atoms with E-state index in [2.05, 4.69) is 193 Å². The van der Waals surface area contributed by atoms with Crippen LogP contribution in [-0.2, 0) is 12.8 Å². The van der Waals surface area contributed by atoms with Gasteiger partial charge in [0.1, 0.15) is 0 Å². The number of aromatic nitrogens is 1. The smallest absolute Gasteiger partial charge is 0.0541 e. The topological polar surface area (TPSA) is 4.93 Å². The van der Waals surface area contributed by atoms with Gasteiger partial charge in [-0.3, -0.25) is 0 Å². The van der Waals surface area contributed by atoms with Crippen LogP contribution in [-0.4, -0.2) is 4.57 Å². The maximum absolute atomic E-state index is 2.43. The van der Waals surface area contributed by atoms with E-state index in [-0.39, 0.29) is 0 Å². The first-order valence-corrected chi connectivity index (χ1v) is 19.6. The van der Waals surface area contributed by atoms with Crippen LogP contribution < -0.4 is 0 Å². The first kappa shape index (κ1) is 31.8. The molecule has 0 amide bonds. The van der Waals surface area contributed by atoms with Crippen LogP contribution in [0.3, 0.4) is 0 Å². The van der Waals surface area contributed by atoms with E-state index in [1.807, 2.05) is 0 Å². The summed E-state index contributed by atoms with van der Waals surface area (Å²) in [5, 5.41) is 7.63. The van der Waals surface area contributed by atoms with E-state index in [1.165, 1.54) is 119 Å². The summed E-state index contributed by atoms with van der Waals surface area (Å²) >= 11 is 0. The predicted octanol–water partition coefficient (Wildman–Crippen LogP) is 14.6. The van der Waals surface area contributed by atoms with Crippen molar-refractivity contribution < 1.29 is 0 Å². The molecule has 260 valence electrons. The molecule has 1 heterocycles. The van der Waals surface area contributed by atoms with E-state index in [4.69, 9.17) is 0 Å². The normalized spacial score (nSPS) is 12.8. The third-order valence-electron chi connectivity index (χ3n) is 12.0. The zero-order chi connectivity index (χ0) is 36.3. The molecule has 1 aliphatic rings. The summed E-state index contributed by atoms with van der Waals surface area (Å²) in [4.78, 5) is 0. The quantitative estimate of drug-likeness (QED) is 0.157. The highest BCUT2D eigenvalue weighted by atomic mass is 15.0. The van der Waals surface area contributed by atoms with Crippen molar-refractivity contribution in [2.24, 2.45) is 0 Å². The number of benzene rings is 9. The summed E-state index contributed by atoms with van der Waals surface area (Å²) in [6.07, 6.45) is 4.98. The van der Waals surface area contributed by atoms with Crippen molar-refractivity contribution in [1.29, 1.82) is 0 Å². The van der Waals surface area contributed by atoms with Crippen LogP contribution in [0.4, 0.5) is 0 Å². The van der Waals surface area contributed by atoms with Gasteiger partial charge in [0.15, 0.2) is 0 Å². The van der Waals surface area contributed by atoms with E-state index >= 15 is 0 Å². The van der Waals surface area contributed by atoms with Gasteiger partial charge in [0, 0.05) is 16.5 Å². The Morgan fingerprint density at radius 3 is 1.55 bits per heavy atom. The lowest BCUT2D eigenvalue weighted by Crippen LogP contribution is -2.04. The maximum Gasteiger partial charge on any atom is 0.0541 e. The van der Waals surface area contributed by atoms with Crippen LogP contribution in [0.15, 0.2) is 188 Å². The zero-order valence-corrected chi connectivity index (χ0v) is 30.7. The summed E-state index contributed by atoms with van der Waals surface area (Å²) in [6.45, 7) is 0. The number of nitrogens with zero attached hydrogens (tertiary/aromatic N) is 1.